The van der Waals surface area contributed by atoms with Gasteiger partial charge in [-0.05, 0) is 18.2 Å². The zero-order valence-corrected chi connectivity index (χ0v) is 12.6. The van der Waals surface area contributed by atoms with Gasteiger partial charge in [0.2, 0.25) is 5.91 Å². The number of aromatic nitrogens is 1. The molecule has 2 aromatic heterocycles. The van der Waals surface area contributed by atoms with E-state index in [1.54, 1.807) is 29.2 Å². The summed E-state index contributed by atoms with van der Waals surface area (Å²) in [6.07, 6.45) is 3.20. The molecule has 6 heteroatoms. The quantitative estimate of drug-likeness (QED) is 0.734. The van der Waals surface area contributed by atoms with Gasteiger partial charge in [0.25, 0.3) is 0 Å². The summed E-state index contributed by atoms with van der Waals surface area (Å²) in [7, 11) is 1.34. The number of hydrogen-bond donors (Lipinski definition) is 1. The Balaban J connectivity index is 1.79. The molecule has 1 N–H and O–H groups in total. The molecule has 0 saturated carbocycles. The lowest BCUT2D eigenvalue weighted by Gasteiger charge is -2.06. The Morgan fingerprint density at radius 3 is 2.78 bits per heavy atom. The highest BCUT2D eigenvalue weighted by Gasteiger charge is 2.16. The summed E-state index contributed by atoms with van der Waals surface area (Å²) in [6.45, 7) is 0.438. The van der Waals surface area contributed by atoms with Crippen LogP contribution in [0.15, 0.2) is 53.3 Å². The van der Waals surface area contributed by atoms with Gasteiger partial charge in [-0.2, -0.15) is 0 Å². The normalized spacial score (nSPS) is 10.7. The van der Waals surface area contributed by atoms with E-state index in [1.165, 1.54) is 7.11 Å². The summed E-state index contributed by atoms with van der Waals surface area (Å²) in [6, 6.07) is 11.0. The molecule has 0 bridgehead atoms. The largest absolute Gasteiger partial charge is 0.467 e. The van der Waals surface area contributed by atoms with E-state index in [1.807, 2.05) is 24.3 Å². The topological polar surface area (TPSA) is 73.5 Å². The van der Waals surface area contributed by atoms with E-state index in [0.717, 1.165) is 10.9 Å². The summed E-state index contributed by atoms with van der Waals surface area (Å²) in [4.78, 5) is 24.0. The van der Waals surface area contributed by atoms with Crippen LogP contribution in [0.1, 0.15) is 16.1 Å². The summed E-state index contributed by atoms with van der Waals surface area (Å²) >= 11 is 0. The van der Waals surface area contributed by atoms with Crippen LogP contribution in [0.25, 0.3) is 10.9 Å². The Labute approximate surface area is 132 Å². The van der Waals surface area contributed by atoms with E-state index in [4.69, 9.17) is 9.15 Å². The van der Waals surface area contributed by atoms with Crippen LogP contribution in [0.2, 0.25) is 0 Å². The number of nitrogens with one attached hydrogen (secondary N) is 1. The van der Waals surface area contributed by atoms with Gasteiger partial charge in [0, 0.05) is 17.1 Å². The van der Waals surface area contributed by atoms with E-state index in [-0.39, 0.29) is 12.5 Å². The Hall–Kier alpha value is -3.02. The molecule has 0 aliphatic rings. The number of fused-ring (bicyclic) bond motifs is 1. The van der Waals surface area contributed by atoms with Crippen LogP contribution in [-0.4, -0.2) is 23.6 Å². The van der Waals surface area contributed by atoms with Crippen LogP contribution in [0.3, 0.4) is 0 Å². The number of rotatable bonds is 5. The van der Waals surface area contributed by atoms with Crippen molar-refractivity contribution >= 4 is 22.8 Å². The van der Waals surface area contributed by atoms with Crippen LogP contribution in [0.4, 0.5) is 0 Å². The minimum Gasteiger partial charge on any atom is -0.467 e. The van der Waals surface area contributed by atoms with Crippen LogP contribution in [0, 0.1) is 0 Å². The van der Waals surface area contributed by atoms with Gasteiger partial charge < -0.3 is 19.0 Å². The highest BCUT2D eigenvalue weighted by atomic mass is 16.5. The first-order chi connectivity index (χ1) is 11.2. The number of para-hydroxylation sites is 1. The summed E-state index contributed by atoms with van der Waals surface area (Å²) in [5, 5.41) is 3.54. The average Bonchev–Trinajstić information content (AvgIpc) is 3.21. The van der Waals surface area contributed by atoms with Crippen molar-refractivity contribution in [2.45, 2.75) is 13.1 Å². The molecule has 6 nitrogen and oxygen atoms in total. The molecule has 3 aromatic rings. The van der Waals surface area contributed by atoms with Crippen molar-refractivity contribution in [2.75, 3.05) is 7.11 Å². The fourth-order valence-electron chi connectivity index (χ4n) is 2.46. The van der Waals surface area contributed by atoms with Gasteiger partial charge in [0.15, 0.2) is 0 Å². The summed E-state index contributed by atoms with van der Waals surface area (Å²) in [5.41, 5.74) is 1.25. The van der Waals surface area contributed by atoms with E-state index in [2.05, 4.69) is 5.32 Å². The second kappa shape index (κ2) is 6.39. The molecule has 0 radical (unpaired) electrons. The molecule has 118 valence electrons. The van der Waals surface area contributed by atoms with Crippen molar-refractivity contribution in [1.82, 2.24) is 9.88 Å². The summed E-state index contributed by atoms with van der Waals surface area (Å²) in [5.74, 6) is 0.0977. The molecule has 0 spiro atoms. The predicted molar refractivity (Wildman–Crippen MR) is 83.8 cm³/mol. The fraction of sp³-hybridized carbons (Fsp3) is 0.176. The van der Waals surface area contributed by atoms with Gasteiger partial charge in [0.1, 0.15) is 12.3 Å². The molecular weight excluding hydrogens is 296 g/mol. The third kappa shape index (κ3) is 3.11. The van der Waals surface area contributed by atoms with E-state index in [0.29, 0.717) is 17.9 Å². The molecule has 0 saturated heterocycles. The molecular formula is C17H16N2O4. The minimum absolute atomic E-state index is 0.109. The SMILES string of the molecule is COC(=O)c1cn(CC(=O)NCc2ccco2)c2ccccc12. The average molecular weight is 312 g/mol. The predicted octanol–water partition coefficient (Wildman–Crippen LogP) is 2.34. The van der Waals surface area contributed by atoms with Gasteiger partial charge in [0.05, 0.1) is 25.5 Å². The zero-order chi connectivity index (χ0) is 16.2. The van der Waals surface area contributed by atoms with Gasteiger partial charge in [-0.25, -0.2) is 4.79 Å². The standard InChI is InChI=1S/C17H16N2O4/c1-22-17(21)14-10-19(15-7-3-2-6-13(14)15)11-16(20)18-9-12-5-4-8-23-12/h2-8,10H,9,11H2,1H3,(H,18,20). The Morgan fingerprint density at radius 1 is 1.22 bits per heavy atom. The molecule has 2 heterocycles. The van der Waals surface area contributed by atoms with Crippen LogP contribution in [-0.2, 0) is 22.6 Å². The number of carbonyl (C=O) groups is 2. The van der Waals surface area contributed by atoms with Gasteiger partial charge in [-0.15, -0.1) is 0 Å². The molecule has 0 unspecified atom stereocenters. The number of benzene rings is 1. The van der Waals surface area contributed by atoms with Crippen molar-refractivity contribution in [3.63, 3.8) is 0 Å². The number of ether oxygens (including phenoxy) is 1. The molecule has 0 atom stereocenters. The first-order valence-electron chi connectivity index (χ1n) is 7.14. The van der Waals surface area contributed by atoms with Crippen LogP contribution >= 0.6 is 0 Å². The second-order valence-corrected chi connectivity index (χ2v) is 5.04. The number of nitrogens with zero attached hydrogens (tertiary/aromatic N) is 1. The Kier molecular flexibility index (Phi) is 4.14. The molecule has 23 heavy (non-hydrogen) atoms. The zero-order valence-electron chi connectivity index (χ0n) is 12.6. The first kappa shape index (κ1) is 14.9. The number of amides is 1. The number of furan rings is 1. The maximum atomic E-state index is 12.1. The molecule has 1 aromatic carbocycles. The Bertz CT molecular complexity index is 834. The lowest BCUT2D eigenvalue weighted by molar-refractivity contribution is -0.121. The number of hydrogen-bond acceptors (Lipinski definition) is 4. The molecule has 0 fully saturated rings. The van der Waals surface area contributed by atoms with E-state index < -0.39 is 5.97 Å². The molecule has 3 rings (SSSR count). The van der Waals surface area contributed by atoms with Crippen molar-refractivity contribution < 1.29 is 18.7 Å². The smallest absolute Gasteiger partial charge is 0.340 e. The van der Waals surface area contributed by atoms with Crippen molar-refractivity contribution in [3.05, 3.63) is 60.2 Å². The van der Waals surface area contributed by atoms with Crippen molar-refractivity contribution in [2.24, 2.45) is 0 Å². The van der Waals surface area contributed by atoms with Gasteiger partial charge >= 0.3 is 5.97 Å². The molecule has 0 aliphatic heterocycles. The second-order valence-electron chi connectivity index (χ2n) is 5.04. The number of methoxy groups -OCH3 is 1. The fourth-order valence-corrected chi connectivity index (χ4v) is 2.46. The van der Waals surface area contributed by atoms with Crippen molar-refractivity contribution in [1.29, 1.82) is 0 Å². The third-order valence-electron chi connectivity index (χ3n) is 3.55. The highest BCUT2D eigenvalue weighted by molar-refractivity contribution is 6.04. The lowest BCUT2D eigenvalue weighted by atomic mass is 10.2. The van der Waals surface area contributed by atoms with E-state index in [9.17, 15) is 9.59 Å². The molecule has 1 amide bonds. The molecule has 0 aliphatic carbocycles. The highest BCUT2D eigenvalue weighted by Crippen LogP contribution is 2.21. The van der Waals surface area contributed by atoms with Gasteiger partial charge in [-0.3, -0.25) is 4.79 Å². The Morgan fingerprint density at radius 2 is 2.04 bits per heavy atom. The van der Waals surface area contributed by atoms with Crippen molar-refractivity contribution in [3.8, 4) is 0 Å². The van der Waals surface area contributed by atoms with Crippen LogP contribution < -0.4 is 5.32 Å². The first-order valence-corrected chi connectivity index (χ1v) is 7.14. The van der Waals surface area contributed by atoms with Gasteiger partial charge in [-0.1, -0.05) is 18.2 Å². The number of carbonyl (C=O) groups excluding carboxylic acids is 2. The summed E-state index contributed by atoms with van der Waals surface area (Å²) < 4.78 is 11.7. The maximum Gasteiger partial charge on any atom is 0.340 e. The minimum atomic E-state index is -0.420. The number of esters is 1. The van der Waals surface area contributed by atoms with Crippen LogP contribution in [0.5, 0.6) is 0 Å². The monoisotopic (exact) mass is 312 g/mol. The third-order valence-corrected chi connectivity index (χ3v) is 3.55. The lowest BCUT2D eigenvalue weighted by Crippen LogP contribution is -2.26. The van der Waals surface area contributed by atoms with E-state index >= 15 is 0 Å². The maximum absolute atomic E-state index is 12.1.